The Morgan fingerprint density at radius 2 is 2.15 bits per heavy atom. The third-order valence-electron chi connectivity index (χ3n) is 3.39. The first kappa shape index (κ1) is 13.6. The summed E-state index contributed by atoms with van der Waals surface area (Å²) in [7, 11) is 0. The molecule has 6 heteroatoms. The van der Waals surface area contributed by atoms with Gasteiger partial charge in [0, 0.05) is 24.2 Å². The van der Waals surface area contributed by atoms with Crippen molar-refractivity contribution in [3.05, 3.63) is 39.6 Å². The molecule has 3 nitrogen and oxygen atoms in total. The van der Waals surface area contributed by atoms with E-state index in [-0.39, 0.29) is 5.82 Å². The summed E-state index contributed by atoms with van der Waals surface area (Å²) < 4.78 is 14.6. The molecule has 1 fully saturated rings. The normalized spacial score (nSPS) is 14.8. The molecule has 1 aliphatic heterocycles. The van der Waals surface area contributed by atoms with Gasteiger partial charge in [-0.3, -0.25) is 0 Å². The molecular formula is C14H15ClFN3S. The van der Waals surface area contributed by atoms with Gasteiger partial charge in [-0.15, -0.1) is 11.3 Å². The highest BCUT2D eigenvalue weighted by atomic mass is 35.5. The van der Waals surface area contributed by atoms with Gasteiger partial charge >= 0.3 is 0 Å². The van der Waals surface area contributed by atoms with Gasteiger partial charge in [0.15, 0.2) is 4.47 Å². The van der Waals surface area contributed by atoms with Crippen molar-refractivity contribution in [1.82, 2.24) is 4.98 Å². The fourth-order valence-corrected chi connectivity index (χ4v) is 3.39. The summed E-state index contributed by atoms with van der Waals surface area (Å²) in [6, 6.07) is 5.17. The van der Waals surface area contributed by atoms with Gasteiger partial charge in [0.2, 0.25) is 0 Å². The van der Waals surface area contributed by atoms with Gasteiger partial charge in [-0.1, -0.05) is 17.7 Å². The smallest absolute Gasteiger partial charge is 0.183 e. The molecule has 0 bridgehead atoms. The maximum Gasteiger partial charge on any atom is 0.183 e. The molecule has 1 aromatic heterocycles. The lowest BCUT2D eigenvalue weighted by molar-refractivity contribution is 0.623. The van der Waals surface area contributed by atoms with Crippen LogP contribution in [-0.4, -0.2) is 18.1 Å². The number of benzene rings is 1. The first-order chi connectivity index (χ1) is 9.74. The molecule has 1 saturated heterocycles. The van der Waals surface area contributed by atoms with Gasteiger partial charge in [0.1, 0.15) is 5.82 Å². The van der Waals surface area contributed by atoms with Gasteiger partial charge in [0.25, 0.3) is 0 Å². The number of rotatable bonds is 4. The van der Waals surface area contributed by atoms with E-state index in [1.165, 1.54) is 17.4 Å². The first-order valence-electron chi connectivity index (χ1n) is 6.61. The van der Waals surface area contributed by atoms with Gasteiger partial charge in [-0.05, 0) is 25.0 Å². The van der Waals surface area contributed by atoms with E-state index in [4.69, 9.17) is 11.6 Å². The van der Waals surface area contributed by atoms with Crippen molar-refractivity contribution in [2.24, 2.45) is 0 Å². The molecule has 0 aliphatic carbocycles. The zero-order chi connectivity index (χ0) is 13.9. The monoisotopic (exact) mass is 311 g/mol. The molecule has 1 aromatic carbocycles. The molecular weight excluding hydrogens is 297 g/mol. The maximum absolute atomic E-state index is 14.1. The van der Waals surface area contributed by atoms with Crippen molar-refractivity contribution in [2.45, 2.75) is 19.4 Å². The summed E-state index contributed by atoms with van der Waals surface area (Å²) >= 11 is 7.25. The average Bonchev–Trinajstić information content (AvgIpc) is 3.08. The number of thiazole rings is 1. The van der Waals surface area contributed by atoms with Gasteiger partial charge in [0.05, 0.1) is 17.9 Å². The number of halogens is 2. The number of hydrogen-bond donors (Lipinski definition) is 1. The third kappa shape index (κ3) is 2.88. The van der Waals surface area contributed by atoms with Crippen LogP contribution in [-0.2, 0) is 6.54 Å². The van der Waals surface area contributed by atoms with E-state index in [1.54, 1.807) is 12.3 Å². The molecule has 3 rings (SSSR count). The van der Waals surface area contributed by atoms with Crippen LogP contribution in [0.15, 0.2) is 24.4 Å². The average molecular weight is 312 g/mol. The van der Waals surface area contributed by atoms with Crippen LogP contribution >= 0.6 is 22.9 Å². The van der Waals surface area contributed by atoms with Crippen molar-refractivity contribution in [3.8, 4) is 0 Å². The van der Waals surface area contributed by atoms with E-state index >= 15 is 0 Å². The molecule has 106 valence electrons. The Hall–Kier alpha value is -1.33. The fourth-order valence-electron chi connectivity index (χ4n) is 2.47. The Morgan fingerprint density at radius 1 is 1.35 bits per heavy atom. The van der Waals surface area contributed by atoms with Crippen LogP contribution in [0.3, 0.4) is 0 Å². The van der Waals surface area contributed by atoms with E-state index in [0.717, 1.165) is 36.5 Å². The Kier molecular flexibility index (Phi) is 4.08. The largest absolute Gasteiger partial charge is 0.378 e. The standard InChI is InChI=1S/C14H15ClFN3S/c15-14-18-9-10(20-14)8-17-12-5-3-4-11(16)13(12)19-6-1-2-7-19/h3-5,9,17H,1-2,6-8H2. The Morgan fingerprint density at radius 3 is 2.85 bits per heavy atom. The topological polar surface area (TPSA) is 28.2 Å². The minimum atomic E-state index is -0.167. The molecule has 0 amide bonds. The number of para-hydroxylation sites is 1. The van der Waals surface area contributed by atoms with E-state index < -0.39 is 0 Å². The van der Waals surface area contributed by atoms with Crippen LogP contribution in [0, 0.1) is 5.82 Å². The highest BCUT2D eigenvalue weighted by molar-refractivity contribution is 7.15. The van der Waals surface area contributed by atoms with E-state index in [9.17, 15) is 4.39 Å². The summed E-state index contributed by atoms with van der Waals surface area (Å²) in [6.45, 7) is 2.44. The second-order valence-electron chi connectivity index (χ2n) is 4.76. The highest BCUT2D eigenvalue weighted by Crippen LogP contribution is 2.32. The summed E-state index contributed by atoms with van der Waals surface area (Å²) in [5.41, 5.74) is 1.51. The molecule has 1 aliphatic rings. The molecule has 0 unspecified atom stereocenters. The van der Waals surface area contributed by atoms with Crippen molar-refractivity contribution < 1.29 is 4.39 Å². The molecule has 0 radical (unpaired) electrons. The van der Waals surface area contributed by atoms with Crippen LogP contribution in [0.4, 0.5) is 15.8 Å². The fraction of sp³-hybridized carbons (Fsp3) is 0.357. The van der Waals surface area contributed by atoms with Gasteiger partial charge in [-0.25, -0.2) is 9.37 Å². The van der Waals surface area contributed by atoms with Crippen LogP contribution in [0.1, 0.15) is 17.7 Å². The minimum absolute atomic E-state index is 0.167. The van der Waals surface area contributed by atoms with E-state index in [0.29, 0.717) is 16.7 Å². The zero-order valence-electron chi connectivity index (χ0n) is 10.9. The lowest BCUT2D eigenvalue weighted by Crippen LogP contribution is -2.20. The maximum atomic E-state index is 14.1. The van der Waals surface area contributed by atoms with E-state index in [1.807, 2.05) is 6.07 Å². The third-order valence-corrected chi connectivity index (χ3v) is 4.50. The summed E-state index contributed by atoms with van der Waals surface area (Å²) in [6.07, 6.45) is 3.99. The molecule has 0 spiro atoms. The molecule has 0 saturated carbocycles. The first-order valence-corrected chi connectivity index (χ1v) is 7.81. The number of hydrogen-bond acceptors (Lipinski definition) is 4. The molecule has 0 atom stereocenters. The molecule has 1 N–H and O–H groups in total. The summed E-state index contributed by atoms with van der Waals surface area (Å²) in [5, 5.41) is 3.29. The van der Waals surface area contributed by atoms with Crippen molar-refractivity contribution >= 4 is 34.3 Å². The van der Waals surface area contributed by atoms with Crippen LogP contribution in [0.25, 0.3) is 0 Å². The Bertz CT molecular complexity index is 596. The number of nitrogens with one attached hydrogen (secondary N) is 1. The predicted molar refractivity (Wildman–Crippen MR) is 82.3 cm³/mol. The van der Waals surface area contributed by atoms with Crippen LogP contribution < -0.4 is 10.2 Å². The van der Waals surface area contributed by atoms with Gasteiger partial charge in [-0.2, -0.15) is 0 Å². The second kappa shape index (κ2) is 5.97. The van der Waals surface area contributed by atoms with Crippen molar-refractivity contribution in [2.75, 3.05) is 23.3 Å². The molecule has 2 aromatic rings. The molecule has 2 heterocycles. The van der Waals surface area contributed by atoms with Gasteiger partial charge < -0.3 is 10.2 Å². The van der Waals surface area contributed by atoms with Crippen molar-refractivity contribution in [3.63, 3.8) is 0 Å². The Balaban J connectivity index is 1.79. The molecule has 20 heavy (non-hydrogen) atoms. The van der Waals surface area contributed by atoms with Crippen LogP contribution in [0.2, 0.25) is 4.47 Å². The van der Waals surface area contributed by atoms with Crippen molar-refractivity contribution in [1.29, 1.82) is 0 Å². The summed E-state index contributed by atoms with van der Waals surface area (Å²) in [5.74, 6) is -0.167. The lowest BCUT2D eigenvalue weighted by Gasteiger charge is -2.22. The zero-order valence-corrected chi connectivity index (χ0v) is 12.5. The highest BCUT2D eigenvalue weighted by Gasteiger charge is 2.19. The minimum Gasteiger partial charge on any atom is -0.378 e. The SMILES string of the molecule is Fc1cccc(NCc2cnc(Cl)s2)c1N1CCCC1. The number of nitrogens with zero attached hydrogens (tertiary/aromatic N) is 2. The van der Waals surface area contributed by atoms with E-state index in [2.05, 4.69) is 15.2 Å². The predicted octanol–water partition coefficient (Wildman–Crippen LogP) is 4.15. The van der Waals surface area contributed by atoms with Crippen LogP contribution in [0.5, 0.6) is 0 Å². The number of aromatic nitrogens is 1. The lowest BCUT2D eigenvalue weighted by atomic mass is 10.2. The Labute approximate surface area is 126 Å². The quantitative estimate of drug-likeness (QED) is 0.919. The second-order valence-corrected chi connectivity index (χ2v) is 6.46. The summed E-state index contributed by atoms with van der Waals surface area (Å²) in [4.78, 5) is 7.15. The number of anilines is 2.